The Bertz CT molecular complexity index is 540. The lowest BCUT2D eigenvalue weighted by Gasteiger charge is -2.12. The van der Waals surface area contributed by atoms with Crippen LogP contribution in [0.5, 0.6) is 5.75 Å². The third-order valence-electron chi connectivity index (χ3n) is 2.65. The first kappa shape index (κ1) is 13.9. The fraction of sp³-hybridized carbons (Fsp3) is 0.357. The second-order valence-corrected chi connectivity index (χ2v) is 4.64. The molecule has 1 aromatic carbocycles. The highest BCUT2D eigenvalue weighted by atomic mass is 35.5. The van der Waals surface area contributed by atoms with Gasteiger partial charge in [0.2, 0.25) is 0 Å². The Morgan fingerprint density at radius 2 is 2.26 bits per heavy atom. The summed E-state index contributed by atoms with van der Waals surface area (Å²) < 4.78 is 10.9. The van der Waals surface area contributed by atoms with Crippen molar-refractivity contribution in [3.8, 4) is 5.75 Å². The highest BCUT2D eigenvalue weighted by Gasteiger charge is 2.10. The van der Waals surface area contributed by atoms with Gasteiger partial charge in [0.1, 0.15) is 12.4 Å². The molecule has 4 nitrogen and oxygen atoms in total. The molecule has 0 spiro atoms. The van der Waals surface area contributed by atoms with Crippen LogP contribution < -0.4 is 10.1 Å². The van der Waals surface area contributed by atoms with Crippen molar-refractivity contribution in [3.63, 3.8) is 0 Å². The van der Waals surface area contributed by atoms with Gasteiger partial charge in [0.05, 0.1) is 10.7 Å². The average Bonchev–Trinajstić information content (AvgIpc) is 2.81. The fourth-order valence-corrected chi connectivity index (χ4v) is 1.99. The summed E-state index contributed by atoms with van der Waals surface area (Å²) in [6.45, 7) is 5.88. The van der Waals surface area contributed by atoms with Crippen LogP contribution in [0.2, 0.25) is 5.02 Å². The number of nitrogens with zero attached hydrogens (tertiary/aromatic N) is 1. The molecule has 5 heteroatoms. The Morgan fingerprint density at radius 3 is 2.95 bits per heavy atom. The van der Waals surface area contributed by atoms with E-state index in [9.17, 15) is 0 Å². The first-order valence-electron chi connectivity index (χ1n) is 6.23. The van der Waals surface area contributed by atoms with Crippen molar-refractivity contribution in [2.45, 2.75) is 27.0 Å². The minimum atomic E-state index is 0.323. The molecular formula is C14H17ClN2O2. The van der Waals surface area contributed by atoms with E-state index in [2.05, 4.69) is 17.4 Å². The summed E-state index contributed by atoms with van der Waals surface area (Å²) >= 11 is 6.18. The lowest BCUT2D eigenvalue weighted by atomic mass is 10.2. The van der Waals surface area contributed by atoms with Gasteiger partial charge >= 0.3 is 0 Å². The first-order chi connectivity index (χ1) is 9.20. The molecule has 0 unspecified atom stereocenters. The zero-order valence-corrected chi connectivity index (χ0v) is 11.8. The SMILES string of the molecule is CCNCc1cccc(Cl)c1OCc1cc(C)no1. The van der Waals surface area contributed by atoms with Crippen molar-refractivity contribution >= 4 is 11.6 Å². The molecular weight excluding hydrogens is 264 g/mol. The number of hydrogen-bond donors (Lipinski definition) is 1. The highest BCUT2D eigenvalue weighted by Crippen LogP contribution is 2.29. The molecule has 19 heavy (non-hydrogen) atoms. The molecule has 0 saturated carbocycles. The summed E-state index contributed by atoms with van der Waals surface area (Å²) in [7, 11) is 0. The molecule has 0 aliphatic carbocycles. The third-order valence-corrected chi connectivity index (χ3v) is 2.95. The molecule has 0 radical (unpaired) electrons. The van der Waals surface area contributed by atoms with Crippen LogP contribution in [0.1, 0.15) is 23.9 Å². The molecule has 0 saturated heterocycles. The Kier molecular flexibility index (Phi) is 4.82. The van der Waals surface area contributed by atoms with Gasteiger partial charge in [-0.2, -0.15) is 0 Å². The van der Waals surface area contributed by atoms with Crippen molar-refractivity contribution < 1.29 is 9.26 Å². The van der Waals surface area contributed by atoms with E-state index in [-0.39, 0.29) is 0 Å². The van der Waals surface area contributed by atoms with E-state index in [0.717, 1.165) is 24.3 Å². The zero-order valence-electron chi connectivity index (χ0n) is 11.1. The molecule has 0 fully saturated rings. The van der Waals surface area contributed by atoms with Gasteiger partial charge < -0.3 is 14.6 Å². The Balaban J connectivity index is 2.09. The van der Waals surface area contributed by atoms with Gasteiger partial charge in [-0.3, -0.25) is 0 Å². The van der Waals surface area contributed by atoms with E-state index in [4.69, 9.17) is 20.9 Å². The Hall–Kier alpha value is -1.52. The molecule has 0 atom stereocenters. The van der Waals surface area contributed by atoms with Crippen LogP contribution >= 0.6 is 11.6 Å². The Labute approximate surface area is 117 Å². The van der Waals surface area contributed by atoms with E-state index >= 15 is 0 Å². The predicted molar refractivity (Wildman–Crippen MR) is 74.4 cm³/mol. The van der Waals surface area contributed by atoms with Gasteiger partial charge in [-0.15, -0.1) is 0 Å². The van der Waals surface area contributed by atoms with Crippen molar-refractivity contribution in [2.24, 2.45) is 0 Å². The lowest BCUT2D eigenvalue weighted by Crippen LogP contribution is -2.13. The molecule has 0 bridgehead atoms. The Morgan fingerprint density at radius 1 is 1.42 bits per heavy atom. The van der Waals surface area contributed by atoms with Crippen molar-refractivity contribution in [1.82, 2.24) is 10.5 Å². The van der Waals surface area contributed by atoms with Crippen LogP contribution in [0.15, 0.2) is 28.8 Å². The van der Waals surface area contributed by atoms with Crippen LogP contribution in [0.3, 0.4) is 0 Å². The molecule has 1 N–H and O–H groups in total. The lowest BCUT2D eigenvalue weighted by molar-refractivity contribution is 0.246. The average molecular weight is 281 g/mol. The van der Waals surface area contributed by atoms with Crippen LogP contribution in [-0.2, 0) is 13.2 Å². The number of aryl methyl sites for hydroxylation is 1. The topological polar surface area (TPSA) is 47.3 Å². The predicted octanol–water partition coefficient (Wildman–Crippen LogP) is 3.32. The largest absolute Gasteiger partial charge is 0.484 e. The van der Waals surface area contributed by atoms with Gasteiger partial charge in [0, 0.05) is 18.2 Å². The summed E-state index contributed by atoms with van der Waals surface area (Å²) in [4.78, 5) is 0. The van der Waals surface area contributed by atoms with E-state index in [1.54, 1.807) is 0 Å². The second kappa shape index (κ2) is 6.59. The quantitative estimate of drug-likeness (QED) is 0.882. The number of ether oxygens (including phenoxy) is 1. The molecule has 0 aliphatic rings. The first-order valence-corrected chi connectivity index (χ1v) is 6.61. The zero-order chi connectivity index (χ0) is 13.7. The maximum absolute atomic E-state index is 6.18. The summed E-state index contributed by atoms with van der Waals surface area (Å²) in [6.07, 6.45) is 0. The monoisotopic (exact) mass is 280 g/mol. The van der Waals surface area contributed by atoms with Gasteiger partial charge in [-0.25, -0.2) is 0 Å². The van der Waals surface area contributed by atoms with Gasteiger partial charge in [-0.05, 0) is 19.5 Å². The summed E-state index contributed by atoms with van der Waals surface area (Å²) in [5, 5.41) is 7.69. The number of para-hydroxylation sites is 1. The van der Waals surface area contributed by atoms with Crippen molar-refractivity contribution in [1.29, 1.82) is 0 Å². The van der Waals surface area contributed by atoms with Gasteiger partial charge in [0.15, 0.2) is 5.76 Å². The summed E-state index contributed by atoms with van der Waals surface area (Å²) in [5.74, 6) is 1.38. The van der Waals surface area contributed by atoms with Gasteiger partial charge in [0.25, 0.3) is 0 Å². The third kappa shape index (κ3) is 3.72. The molecule has 2 rings (SSSR count). The number of nitrogens with one attached hydrogen (secondary N) is 1. The van der Waals surface area contributed by atoms with E-state index in [0.29, 0.717) is 23.1 Å². The number of benzene rings is 1. The fourth-order valence-electron chi connectivity index (χ4n) is 1.74. The van der Waals surface area contributed by atoms with E-state index in [1.807, 2.05) is 31.2 Å². The number of hydrogen-bond acceptors (Lipinski definition) is 4. The van der Waals surface area contributed by atoms with Crippen molar-refractivity contribution in [3.05, 3.63) is 46.3 Å². The molecule has 0 amide bonds. The molecule has 1 heterocycles. The van der Waals surface area contributed by atoms with Crippen LogP contribution in [-0.4, -0.2) is 11.7 Å². The second-order valence-electron chi connectivity index (χ2n) is 4.23. The van der Waals surface area contributed by atoms with E-state index in [1.165, 1.54) is 0 Å². The molecule has 1 aromatic heterocycles. The number of rotatable bonds is 6. The smallest absolute Gasteiger partial charge is 0.174 e. The normalized spacial score (nSPS) is 10.7. The molecule has 102 valence electrons. The van der Waals surface area contributed by atoms with Crippen molar-refractivity contribution in [2.75, 3.05) is 6.54 Å². The molecule has 2 aromatic rings. The van der Waals surface area contributed by atoms with Gasteiger partial charge in [-0.1, -0.05) is 35.8 Å². The van der Waals surface area contributed by atoms with E-state index < -0.39 is 0 Å². The minimum Gasteiger partial charge on any atom is -0.484 e. The number of halogens is 1. The van der Waals surface area contributed by atoms with Crippen LogP contribution in [0, 0.1) is 6.92 Å². The maximum atomic E-state index is 6.18. The summed E-state index contributed by atoms with van der Waals surface area (Å²) in [5.41, 5.74) is 1.87. The number of aromatic nitrogens is 1. The summed E-state index contributed by atoms with van der Waals surface area (Å²) in [6, 6.07) is 7.58. The highest BCUT2D eigenvalue weighted by molar-refractivity contribution is 6.32. The maximum Gasteiger partial charge on any atom is 0.174 e. The van der Waals surface area contributed by atoms with Crippen LogP contribution in [0.4, 0.5) is 0 Å². The standard InChI is InChI=1S/C14H17ClN2O2/c1-3-16-8-11-5-4-6-13(15)14(11)18-9-12-7-10(2)17-19-12/h4-7,16H,3,8-9H2,1-2H3. The minimum absolute atomic E-state index is 0.323. The van der Waals surface area contributed by atoms with Crippen LogP contribution in [0.25, 0.3) is 0 Å². The molecule has 0 aliphatic heterocycles.